The number of hydrogen-bond donors (Lipinski definition) is 0. The van der Waals surface area contributed by atoms with Crippen molar-refractivity contribution in [2.75, 3.05) is 0 Å². The first-order valence-corrected chi connectivity index (χ1v) is 11.9. The summed E-state index contributed by atoms with van der Waals surface area (Å²) in [6.45, 7) is 2.11. The second kappa shape index (κ2) is 7.51. The van der Waals surface area contributed by atoms with Gasteiger partial charge in [0.05, 0.1) is 22.1 Å². The Bertz CT molecular complexity index is 1900. The Labute approximate surface area is 203 Å². The van der Waals surface area contributed by atoms with Gasteiger partial charge in [0.2, 0.25) is 0 Å². The first-order chi connectivity index (χ1) is 17.2. The van der Waals surface area contributed by atoms with Gasteiger partial charge in [-0.05, 0) is 18.6 Å². The van der Waals surface area contributed by atoms with Crippen molar-refractivity contribution in [3.05, 3.63) is 109 Å². The van der Waals surface area contributed by atoms with E-state index in [0.717, 1.165) is 49.6 Å². The Kier molecular flexibility index (Phi) is 4.27. The first-order valence-electron chi connectivity index (χ1n) is 11.9. The molecule has 0 aliphatic heterocycles. The smallest absolute Gasteiger partial charge is 0.140 e. The quantitative estimate of drug-likeness (QED) is 0.197. The zero-order valence-electron chi connectivity index (χ0n) is 19.7. The van der Waals surface area contributed by atoms with Crippen LogP contribution >= 0.6 is 0 Å². The highest BCUT2D eigenvalue weighted by molar-refractivity contribution is 6.29. The van der Waals surface area contributed by atoms with Crippen molar-refractivity contribution >= 4 is 43.6 Å². The SMILES string of the molecule is Cc1ccc(-c2nc3c4c(-c5ccccc5)c5ccccc5nc4c4ccccc4c3n2C)cc1. The van der Waals surface area contributed by atoms with E-state index in [-0.39, 0.29) is 0 Å². The van der Waals surface area contributed by atoms with Gasteiger partial charge in [0.15, 0.2) is 0 Å². The van der Waals surface area contributed by atoms with Gasteiger partial charge < -0.3 is 4.57 Å². The highest BCUT2D eigenvalue weighted by Crippen LogP contribution is 2.43. The molecule has 5 aromatic carbocycles. The second-order valence-corrected chi connectivity index (χ2v) is 9.20. The number of rotatable bonds is 2. The molecule has 0 radical (unpaired) electrons. The number of para-hydroxylation sites is 1. The van der Waals surface area contributed by atoms with E-state index >= 15 is 0 Å². The van der Waals surface area contributed by atoms with Gasteiger partial charge in [0.25, 0.3) is 0 Å². The van der Waals surface area contributed by atoms with Crippen LogP contribution in [0.5, 0.6) is 0 Å². The molecular weight excluding hydrogens is 426 g/mol. The maximum absolute atomic E-state index is 5.31. The molecule has 0 bridgehead atoms. The standard InChI is InChI=1S/C32H23N3/c1-20-16-18-22(19-17-20)32-34-30-28-27(21-10-4-3-5-11-21)25-14-8-9-15-26(25)33-29(28)23-12-6-7-13-24(23)31(30)35(32)2/h3-19H,1-2H3. The van der Waals surface area contributed by atoms with Gasteiger partial charge in [0.1, 0.15) is 5.82 Å². The molecular formula is C32H23N3. The van der Waals surface area contributed by atoms with Crippen LogP contribution in [0.4, 0.5) is 0 Å². The average Bonchev–Trinajstić information content (AvgIpc) is 3.25. The molecule has 0 amide bonds. The zero-order valence-corrected chi connectivity index (χ0v) is 19.7. The van der Waals surface area contributed by atoms with Crippen molar-refractivity contribution in [1.29, 1.82) is 0 Å². The minimum atomic E-state index is 0.963. The summed E-state index contributed by atoms with van der Waals surface area (Å²) in [5, 5.41) is 4.57. The fourth-order valence-corrected chi connectivity index (χ4v) is 5.38. The van der Waals surface area contributed by atoms with Crippen molar-refractivity contribution in [2.24, 2.45) is 7.05 Å². The number of hydrogen-bond acceptors (Lipinski definition) is 2. The lowest BCUT2D eigenvalue weighted by atomic mass is 9.93. The van der Waals surface area contributed by atoms with Crippen LogP contribution in [0.3, 0.4) is 0 Å². The molecule has 0 N–H and O–H groups in total. The number of aryl methyl sites for hydroxylation is 2. The Morgan fingerprint density at radius 2 is 1.23 bits per heavy atom. The van der Waals surface area contributed by atoms with Crippen LogP contribution in [0.15, 0.2) is 103 Å². The highest BCUT2D eigenvalue weighted by atomic mass is 15.1. The summed E-state index contributed by atoms with van der Waals surface area (Å²) >= 11 is 0. The van der Waals surface area contributed by atoms with Crippen LogP contribution in [0.2, 0.25) is 0 Å². The number of imidazole rings is 1. The van der Waals surface area contributed by atoms with E-state index in [1.165, 1.54) is 22.1 Å². The topological polar surface area (TPSA) is 30.7 Å². The molecule has 166 valence electrons. The third kappa shape index (κ3) is 2.91. The van der Waals surface area contributed by atoms with Gasteiger partial charge >= 0.3 is 0 Å². The summed E-state index contributed by atoms with van der Waals surface area (Å²) in [6, 6.07) is 36.3. The van der Waals surface area contributed by atoms with E-state index in [1.54, 1.807) is 0 Å². The van der Waals surface area contributed by atoms with Crippen LogP contribution in [0.1, 0.15) is 5.56 Å². The lowest BCUT2D eigenvalue weighted by molar-refractivity contribution is 0.962. The molecule has 0 aliphatic rings. The summed E-state index contributed by atoms with van der Waals surface area (Å²) in [7, 11) is 2.12. The molecule has 7 rings (SSSR count). The average molecular weight is 450 g/mol. The van der Waals surface area contributed by atoms with Gasteiger partial charge in [-0.15, -0.1) is 0 Å². The highest BCUT2D eigenvalue weighted by Gasteiger charge is 2.22. The van der Waals surface area contributed by atoms with Crippen LogP contribution in [-0.4, -0.2) is 14.5 Å². The second-order valence-electron chi connectivity index (χ2n) is 9.20. The monoisotopic (exact) mass is 449 g/mol. The number of benzene rings is 5. The van der Waals surface area contributed by atoms with Crippen molar-refractivity contribution in [3.8, 4) is 22.5 Å². The zero-order chi connectivity index (χ0) is 23.5. The van der Waals surface area contributed by atoms with Crippen LogP contribution in [0.25, 0.3) is 66.1 Å². The van der Waals surface area contributed by atoms with Crippen molar-refractivity contribution in [2.45, 2.75) is 6.92 Å². The van der Waals surface area contributed by atoms with E-state index in [9.17, 15) is 0 Å². The molecule has 0 aliphatic carbocycles. The molecule has 0 saturated carbocycles. The van der Waals surface area contributed by atoms with Crippen molar-refractivity contribution in [3.63, 3.8) is 0 Å². The van der Waals surface area contributed by atoms with Gasteiger partial charge in [-0.3, -0.25) is 0 Å². The summed E-state index contributed by atoms with van der Waals surface area (Å²) in [6.07, 6.45) is 0. The van der Waals surface area contributed by atoms with Gasteiger partial charge in [-0.1, -0.05) is 103 Å². The predicted octanol–water partition coefficient (Wildman–Crippen LogP) is 8.07. The van der Waals surface area contributed by atoms with E-state index in [4.69, 9.17) is 9.97 Å². The van der Waals surface area contributed by atoms with E-state index < -0.39 is 0 Å². The molecule has 3 heteroatoms. The van der Waals surface area contributed by atoms with Crippen LogP contribution in [-0.2, 0) is 7.05 Å². The first kappa shape index (κ1) is 19.9. The Morgan fingerprint density at radius 3 is 2.00 bits per heavy atom. The summed E-state index contributed by atoms with van der Waals surface area (Å²) in [5.41, 5.74) is 8.85. The normalized spacial score (nSPS) is 11.7. The maximum Gasteiger partial charge on any atom is 0.140 e. The maximum atomic E-state index is 5.31. The fraction of sp³-hybridized carbons (Fsp3) is 0.0625. The van der Waals surface area contributed by atoms with Gasteiger partial charge in [-0.2, -0.15) is 0 Å². The van der Waals surface area contributed by atoms with Gasteiger partial charge in [-0.25, -0.2) is 9.97 Å². The third-order valence-corrected chi connectivity index (χ3v) is 7.03. The molecule has 2 aromatic heterocycles. The largest absolute Gasteiger partial charge is 0.327 e. The number of fused-ring (bicyclic) bond motifs is 7. The van der Waals surface area contributed by atoms with Crippen molar-refractivity contribution in [1.82, 2.24) is 14.5 Å². The summed E-state index contributed by atoms with van der Waals surface area (Å²) < 4.78 is 2.24. The lowest BCUT2D eigenvalue weighted by Gasteiger charge is -2.14. The van der Waals surface area contributed by atoms with Gasteiger partial charge in [0, 0.05) is 39.7 Å². The number of pyridine rings is 1. The molecule has 0 spiro atoms. The molecule has 3 nitrogen and oxygen atoms in total. The Hall–Kier alpha value is -4.50. The molecule has 7 aromatic rings. The van der Waals surface area contributed by atoms with E-state index in [1.807, 2.05) is 0 Å². The molecule has 0 atom stereocenters. The summed E-state index contributed by atoms with van der Waals surface area (Å²) in [5.74, 6) is 0.963. The minimum Gasteiger partial charge on any atom is -0.327 e. The molecule has 2 heterocycles. The Morgan fingerprint density at radius 1 is 0.571 bits per heavy atom. The molecule has 0 unspecified atom stereocenters. The number of aromatic nitrogens is 3. The molecule has 0 fully saturated rings. The van der Waals surface area contributed by atoms with Crippen LogP contribution in [0, 0.1) is 6.92 Å². The summed E-state index contributed by atoms with van der Waals surface area (Å²) in [4.78, 5) is 10.5. The Balaban J connectivity index is 1.76. The minimum absolute atomic E-state index is 0.963. The van der Waals surface area contributed by atoms with E-state index in [2.05, 4.69) is 122 Å². The van der Waals surface area contributed by atoms with E-state index in [0.29, 0.717) is 0 Å². The predicted molar refractivity (Wildman–Crippen MR) is 147 cm³/mol. The molecule has 35 heavy (non-hydrogen) atoms. The van der Waals surface area contributed by atoms with Crippen molar-refractivity contribution < 1.29 is 0 Å². The number of nitrogens with zero attached hydrogens (tertiary/aromatic N) is 3. The third-order valence-electron chi connectivity index (χ3n) is 7.03. The lowest BCUT2D eigenvalue weighted by Crippen LogP contribution is -1.95. The molecule has 0 saturated heterocycles. The van der Waals surface area contributed by atoms with Crippen LogP contribution < -0.4 is 0 Å². The fourth-order valence-electron chi connectivity index (χ4n) is 5.38.